The molecule has 2 heterocycles. The van der Waals surface area contributed by atoms with Crippen molar-refractivity contribution in [3.05, 3.63) is 36.4 Å². The first kappa shape index (κ1) is 37.4. The van der Waals surface area contributed by atoms with Crippen LogP contribution in [0.1, 0.15) is 0 Å². The van der Waals surface area contributed by atoms with E-state index in [1.807, 2.05) is 0 Å². The molecule has 0 fully saturated rings. The Morgan fingerprint density at radius 2 is 0.604 bits per heavy atom. The van der Waals surface area contributed by atoms with Gasteiger partial charge >= 0.3 is 6.03 Å². The Morgan fingerprint density at radius 3 is 0.896 bits per heavy atom. The van der Waals surface area contributed by atoms with Crippen LogP contribution in [0, 0.1) is 0 Å². The maximum absolute atomic E-state index is 13.0. The van der Waals surface area contributed by atoms with Gasteiger partial charge in [0.15, 0.2) is 23.0 Å². The highest BCUT2D eigenvalue weighted by Crippen LogP contribution is 2.32. The van der Waals surface area contributed by atoms with Gasteiger partial charge in [-0.25, -0.2) is 4.79 Å². The van der Waals surface area contributed by atoms with Crippen molar-refractivity contribution < 1.29 is 61.6 Å². The lowest BCUT2D eigenvalue weighted by Crippen LogP contribution is -2.20. The highest BCUT2D eigenvalue weighted by atomic mass is 16.6. The minimum absolute atomic E-state index is 0.280. The lowest BCUT2D eigenvalue weighted by atomic mass is 10.2. The monoisotopic (exact) mass is 680 g/mol. The van der Waals surface area contributed by atoms with E-state index in [0.717, 1.165) is 0 Å². The van der Waals surface area contributed by atoms with Gasteiger partial charge in [-0.1, -0.05) is 0 Å². The predicted molar refractivity (Wildman–Crippen MR) is 174 cm³/mol. The number of rotatable bonds is 2. The molecule has 0 bridgehead atoms. The highest BCUT2D eigenvalue weighted by Gasteiger charge is 2.13. The van der Waals surface area contributed by atoms with Gasteiger partial charge in [0, 0.05) is 23.5 Å². The average molecular weight is 681 g/mol. The molecule has 15 nitrogen and oxygen atoms in total. The number of carbonyl (C=O) groups is 1. The summed E-state index contributed by atoms with van der Waals surface area (Å²) in [6, 6.07) is 9.84. The molecule has 0 radical (unpaired) electrons. The summed E-state index contributed by atoms with van der Waals surface area (Å²) in [6.45, 7) is 8.29. The number of urea groups is 1. The molecule has 2 aromatic rings. The zero-order valence-corrected chi connectivity index (χ0v) is 27.4. The third-order valence-electron chi connectivity index (χ3n) is 6.58. The molecule has 0 saturated heterocycles. The van der Waals surface area contributed by atoms with E-state index >= 15 is 0 Å². The van der Waals surface area contributed by atoms with Gasteiger partial charge in [0.2, 0.25) is 0 Å². The van der Waals surface area contributed by atoms with Crippen LogP contribution >= 0.6 is 0 Å². The second-order valence-electron chi connectivity index (χ2n) is 10.2. The molecule has 2 N–H and O–H groups in total. The van der Waals surface area contributed by atoms with Crippen molar-refractivity contribution in [1.82, 2.24) is 0 Å². The second kappa shape index (κ2) is 23.8. The molecule has 0 atom stereocenters. The number of amides is 2. The number of fused-ring (bicyclic) bond motifs is 2. The third-order valence-corrected chi connectivity index (χ3v) is 6.58. The maximum atomic E-state index is 13.0. The molecule has 2 aromatic carbocycles. The van der Waals surface area contributed by atoms with Gasteiger partial charge in [-0.05, 0) is 24.3 Å². The molecule has 2 amide bonds. The fourth-order valence-corrected chi connectivity index (χ4v) is 4.29. The standard InChI is InChI=1S/C33H48N2O13/c36-33(34-27-1-3-29-31(25-27)47-23-19-43-15-11-39-7-5-37-9-13-41-17-21-45-29)35-28-2-4-30-32(26-28)48-24-20-44-16-12-40-8-6-38-10-14-42-18-22-46-30/h1-4,25-26H,5-24H2,(H2,34,35,36). The number of carbonyl (C=O) groups excluding carboxylic acids is 1. The van der Waals surface area contributed by atoms with Crippen LogP contribution in [0.4, 0.5) is 16.2 Å². The molecule has 0 aromatic heterocycles. The summed E-state index contributed by atoms with van der Waals surface area (Å²) in [5.74, 6) is 1.94. The van der Waals surface area contributed by atoms with Crippen molar-refractivity contribution in [3.8, 4) is 23.0 Å². The molecule has 4 rings (SSSR count). The van der Waals surface area contributed by atoms with Gasteiger partial charge in [-0.15, -0.1) is 0 Å². The normalized spacial score (nSPS) is 19.3. The van der Waals surface area contributed by atoms with Crippen LogP contribution in [0.5, 0.6) is 23.0 Å². The van der Waals surface area contributed by atoms with Gasteiger partial charge in [0.1, 0.15) is 26.4 Å². The smallest absolute Gasteiger partial charge is 0.323 e. The number of hydrogen-bond acceptors (Lipinski definition) is 13. The summed E-state index contributed by atoms with van der Waals surface area (Å²) in [6.07, 6.45) is 0. The summed E-state index contributed by atoms with van der Waals surface area (Å²) < 4.78 is 67.9. The second-order valence-corrected chi connectivity index (χ2v) is 10.2. The zero-order chi connectivity index (χ0) is 33.3. The Labute approximate surface area is 281 Å². The molecule has 15 heteroatoms. The van der Waals surface area contributed by atoms with E-state index < -0.39 is 6.03 Å². The van der Waals surface area contributed by atoms with Crippen molar-refractivity contribution in [2.45, 2.75) is 0 Å². The first-order valence-electron chi connectivity index (χ1n) is 16.3. The van der Waals surface area contributed by atoms with E-state index in [9.17, 15) is 4.79 Å². The van der Waals surface area contributed by atoms with Crippen molar-refractivity contribution in [1.29, 1.82) is 0 Å². The van der Waals surface area contributed by atoms with Crippen LogP contribution in [0.2, 0.25) is 0 Å². The molecule has 0 spiro atoms. The van der Waals surface area contributed by atoms with E-state index in [2.05, 4.69) is 10.6 Å². The molecule has 0 unspecified atom stereocenters. The van der Waals surface area contributed by atoms with Gasteiger partial charge in [0.25, 0.3) is 0 Å². The molecular formula is C33H48N2O13. The van der Waals surface area contributed by atoms with Gasteiger partial charge < -0.3 is 67.5 Å². The summed E-state index contributed by atoms with van der Waals surface area (Å²) in [4.78, 5) is 13.0. The highest BCUT2D eigenvalue weighted by molar-refractivity contribution is 6.00. The molecule has 48 heavy (non-hydrogen) atoms. The van der Waals surface area contributed by atoms with Crippen LogP contribution in [-0.4, -0.2) is 138 Å². The van der Waals surface area contributed by atoms with Gasteiger partial charge in [-0.3, -0.25) is 0 Å². The van der Waals surface area contributed by atoms with Crippen LogP contribution in [-0.2, 0) is 37.9 Å². The van der Waals surface area contributed by atoms with Crippen molar-refractivity contribution >= 4 is 17.4 Å². The Morgan fingerprint density at radius 1 is 0.354 bits per heavy atom. The fourth-order valence-electron chi connectivity index (χ4n) is 4.29. The van der Waals surface area contributed by atoms with E-state index in [4.69, 9.17) is 56.8 Å². The SMILES string of the molecule is O=C(Nc1ccc2c(c1)OCCOCCOCCOCCOCCO2)Nc1ccc2c(c1)OCCOCCOCCOCCOCCO2. The average Bonchev–Trinajstić information content (AvgIpc) is 3.08. The molecule has 268 valence electrons. The zero-order valence-electron chi connectivity index (χ0n) is 27.4. The Kier molecular flexibility index (Phi) is 18.6. The van der Waals surface area contributed by atoms with E-state index in [0.29, 0.717) is 153 Å². The van der Waals surface area contributed by atoms with Crippen LogP contribution in [0.3, 0.4) is 0 Å². The first-order valence-corrected chi connectivity index (χ1v) is 16.3. The fraction of sp³-hybridized carbons (Fsp3) is 0.606. The number of ether oxygens (including phenoxy) is 12. The van der Waals surface area contributed by atoms with Crippen molar-refractivity contribution in [2.75, 3.05) is 143 Å². The Hall–Kier alpha value is -3.41. The summed E-state index contributed by atoms with van der Waals surface area (Å²) in [7, 11) is 0. The topological polar surface area (TPSA) is 152 Å². The minimum Gasteiger partial charge on any atom is -0.487 e. The number of anilines is 2. The quantitative estimate of drug-likeness (QED) is 0.479. The molecular weight excluding hydrogens is 632 g/mol. The van der Waals surface area contributed by atoms with E-state index in [1.165, 1.54) is 0 Å². The number of benzene rings is 2. The summed E-state index contributed by atoms with van der Waals surface area (Å²) in [5.41, 5.74) is 1.00. The predicted octanol–water partition coefficient (Wildman–Crippen LogP) is 3.01. The van der Waals surface area contributed by atoms with Crippen LogP contribution in [0.15, 0.2) is 36.4 Å². The van der Waals surface area contributed by atoms with E-state index in [-0.39, 0.29) is 13.2 Å². The summed E-state index contributed by atoms with van der Waals surface area (Å²) in [5, 5.41) is 5.68. The lowest BCUT2D eigenvalue weighted by Gasteiger charge is -2.17. The maximum Gasteiger partial charge on any atom is 0.323 e. The summed E-state index contributed by atoms with van der Waals surface area (Å²) >= 11 is 0. The van der Waals surface area contributed by atoms with Crippen molar-refractivity contribution in [3.63, 3.8) is 0 Å². The van der Waals surface area contributed by atoms with Gasteiger partial charge in [-0.2, -0.15) is 0 Å². The Balaban J connectivity index is 1.33. The largest absolute Gasteiger partial charge is 0.487 e. The number of hydrogen-bond donors (Lipinski definition) is 2. The minimum atomic E-state index is -0.463. The number of nitrogens with one attached hydrogen (secondary N) is 2. The molecule has 2 aliphatic rings. The molecule has 0 aliphatic carbocycles. The van der Waals surface area contributed by atoms with Crippen LogP contribution in [0.25, 0.3) is 0 Å². The third kappa shape index (κ3) is 15.7. The van der Waals surface area contributed by atoms with Crippen LogP contribution < -0.4 is 29.6 Å². The Bertz CT molecular complexity index is 1080. The lowest BCUT2D eigenvalue weighted by molar-refractivity contribution is -0.00841. The van der Waals surface area contributed by atoms with Gasteiger partial charge in [0.05, 0.1) is 106 Å². The molecule has 0 saturated carbocycles. The van der Waals surface area contributed by atoms with Crippen molar-refractivity contribution in [2.24, 2.45) is 0 Å². The first-order chi connectivity index (χ1) is 23.8. The molecule has 2 aliphatic heterocycles. The van der Waals surface area contributed by atoms with E-state index in [1.54, 1.807) is 36.4 Å².